The molecule has 0 unspecified atom stereocenters. The van der Waals surface area contributed by atoms with Crippen LogP contribution in [-0.4, -0.2) is 50.9 Å². The highest BCUT2D eigenvalue weighted by molar-refractivity contribution is 5.91. The lowest BCUT2D eigenvalue weighted by atomic mass is 9.81. The Morgan fingerprint density at radius 3 is 2.07 bits per heavy atom. The third-order valence-electron chi connectivity index (χ3n) is 7.42. The second-order valence-electron chi connectivity index (χ2n) is 10.4. The number of piperidine rings is 1. The zero-order chi connectivity index (χ0) is 29.6. The zero-order valence-electron chi connectivity index (χ0n) is 23.1. The van der Waals surface area contributed by atoms with E-state index in [4.69, 9.17) is 14.6 Å². The summed E-state index contributed by atoms with van der Waals surface area (Å²) in [5.41, 5.74) is -0.694. The van der Waals surface area contributed by atoms with E-state index in [0.717, 1.165) is 19.3 Å². The van der Waals surface area contributed by atoms with Crippen molar-refractivity contribution in [1.29, 1.82) is 0 Å². The number of benzene rings is 3. The van der Waals surface area contributed by atoms with Crippen LogP contribution in [-0.2, 0) is 0 Å². The van der Waals surface area contributed by atoms with E-state index in [-0.39, 0.29) is 28.8 Å². The second-order valence-corrected chi connectivity index (χ2v) is 10.4. The predicted molar refractivity (Wildman–Crippen MR) is 152 cm³/mol. The summed E-state index contributed by atoms with van der Waals surface area (Å²) >= 11 is 0. The SMILES string of the molecule is CCC(CC)CC1(O)CCN(C(=O)Nc2cc(Oc3ccc(F)cc3)cc(Oc3ccc(C(=O)O)c(O)c3)c2)CC1. The smallest absolute Gasteiger partial charge is 0.339 e. The fraction of sp³-hybridized carbons (Fsp3) is 0.355. The van der Waals surface area contributed by atoms with Gasteiger partial charge in [-0.3, -0.25) is 0 Å². The largest absolute Gasteiger partial charge is 0.507 e. The summed E-state index contributed by atoms with van der Waals surface area (Å²) in [5, 5.41) is 33.1. The number of carboxylic acids is 1. The van der Waals surface area contributed by atoms with Crippen molar-refractivity contribution in [3.63, 3.8) is 0 Å². The van der Waals surface area contributed by atoms with Crippen LogP contribution >= 0.6 is 0 Å². The Morgan fingerprint density at radius 2 is 1.51 bits per heavy atom. The number of hydrogen-bond acceptors (Lipinski definition) is 6. The Balaban J connectivity index is 1.51. The van der Waals surface area contributed by atoms with Crippen LogP contribution in [0.25, 0.3) is 0 Å². The summed E-state index contributed by atoms with van der Waals surface area (Å²) in [6.45, 7) is 5.07. The number of phenols is 1. The molecule has 1 saturated heterocycles. The molecular weight excluding hydrogens is 531 g/mol. The quantitative estimate of drug-likeness (QED) is 0.208. The van der Waals surface area contributed by atoms with Crippen LogP contribution in [0.15, 0.2) is 60.7 Å². The number of amides is 2. The number of aliphatic hydroxyl groups is 1. The van der Waals surface area contributed by atoms with E-state index in [1.54, 1.807) is 23.1 Å². The number of carboxylic acid groups (broad SMARTS) is 1. The molecule has 0 aliphatic carbocycles. The van der Waals surface area contributed by atoms with Gasteiger partial charge in [0.15, 0.2) is 0 Å². The molecule has 0 saturated carbocycles. The Kier molecular flexibility index (Phi) is 9.34. The van der Waals surface area contributed by atoms with Crippen LogP contribution < -0.4 is 14.8 Å². The molecule has 1 aliphatic rings. The number of likely N-dealkylation sites (tertiary alicyclic amines) is 1. The van der Waals surface area contributed by atoms with Crippen molar-refractivity contribution in [2.24, 2.45) is 5.92 Å². The van der Waals surface area contributed by atoms with Crippen molar-refractivity contribution in [3.8, 4) is 28.7 Å². The normalized spacial score (nSPS) is 14.5. The molecule has 0 spiro atoms. The number of nitrogens with one attached hydrogen (secondary N) is 1. The number of ether oxygens (including phenoxy) is 2. The van der Waals surface area contributed by atoms with Crippen molar-refractivity contribution < 1.29 is 38.8 Å². The monoisotopic (exact) mass is 566 g/mol. The number of halogens is 1. The third-order valence-corrected chi connectivity index (χ3v) is 7.42. The summed E-state index contributed by atoms with van der Waals surface area (Å²) in [4.78, 5) is 26.0. The van der Waals surface area contributed by atoms with E-state index < -0.39 is 23.1 Å². The molecule has 2 amide bonds. The van der Waals surface area contributed by atoms with Gasteiger partial charge in [0.25, 0.3) is 0 Å². The first-order chi connectivity index (χ1) is 19.6. The molecule has 3 aromatic rings. The van der Waals surface area contributed by atoms with Crippen LogP contribution in [0.3, 0.4) is 0 Å². The summed E-state index contributed by atoms with van der Waals surface area (Å²) in [7, 11) is 0. The van der Waals surface area contributed by atoms with Crippen molar-refractivity contribution >= 4 is 17.7 Å². The molecule has 3 aromatic carbocycles. The highest BCUT2D eigenvalue weighted by Crippen LogP contribution is 2.35. The molecule has 218 valence electrons. The van der Waals surface area contributed by atoms with E-state index in [1.165, 1.54) is 42.5 Å². The number of rotatable bonds is 10. The van der Waals surface area contributed by atoms with Crippen LogP contribution in [0, 0.1) is 11.7 Å². The van der Waals surface area contributed by atoms with Crippen molar-refractivity contribution in [1.82, 2.24) is 4.90 Å². The van der Waals surface area contributed by atoms with Gasteiger partial charge in [-0.1, -0.05) is 26.7 Å². The maximum absolute atomic E-state index is 13.4. The Morgan fingerprint density at radius 1 is 0.927 bits per heavy atom. The van der Waals surface area contributed by atoms with Gasteiger partial charge < -0.3 is 35.0 Å². The first-order valence-corrected chi connectivity index (χ1v) is 13.7. The maximum Gasteiger partial charge on any atom is 0.339 e. The molecule has 41 heavy (non-hydrogen) atoms. The lowest BCUT2D eigenvalue weighted by Gasteiger charge is -2.39. The van der Waals surface area contributed by atoms with E-state index in [1.807, 2.05) is 0 Å². The molecule has 10 heteroatoms. The molecule has 4 N–H and O–H groups in total. The molecular formula is C31H35FN2O7. The van der Waals surface area contributed by atoms with E-state index in [0.29, 0.717) is 43.3 Å². The van der Waals surface area contributed by atoms with Gasteiger partial charge >= 0.3 is 12.0 Å². The number of urea groups is 1. The van der Waals surface area contributed by atoms with Crippen LogP contribution in [0.5, 0.6) is 28.7 Å². The summed E-state index contributed by atoms with van der Waals surface area (Å²) < 4.78 is 25.1. The average Bonchev–Trinajstić information content (AvgIpc) is 2.93. The Bertz CT molecular complexity index is 1370. The molecule has 0 radical (unpaired) electrons. The van der Waals surface area contributed by atoms with Gasteiger partial charge in [-0.15, -0.1) is 0 Å². The fourth-order valence-electron chi connectivity index (χ4n) is 4.94. The molecule has 1 aliphatic heterocycles. The fourth-order valence-corrected chi connectivity index (χ4v) is 4.94. The lowest BCUT2D eigenvalue weighted by Crippen LogP contribution is -2.48. The molecule has 0 bridgehead atoms. The van der Waals surface area contributed by atoms with Gasteiger partial charge in [0.2, 0.25) is 0 Å². The number of carbonyl (C=O) groups is 2. The van der Waals surface area contributed by atoms with Crippen molar-refractivity contribution in [2.75, 3.05) is 18.4 Å². The minimum atomic E-state index is -1.28. The van der Waals surface area contributed by atoms with Crippen molar-refractivity contribution in [2.45, 2.75) is 51.6 Å². The van der Waals surface area contributed by atoms with Gasteiger partial charge in [0, 0.05) is 43.0 Å². The summed E-state index contributed by atoms with van der Waals surface area (Å²) in [6.07, 6.45) is 3.73. The summed E-state index contributed by atoms with van der Waals surface area (Å²) in [6, 6.07) is 13.6. The lowest BCUT2D eigenvalue weighted by molar-refractivity contribution is -0.0309. The predicted octanol–water partition coefficient (Wildman–Crippen LogP) is 7.00. The Labute approximate surface area is 238 Å². The number of aromatic carboxylic acids is 1. The molecule has 9 nitrogen and oxygen atoms in total. The first-order valence-electron chi connectivity index (χ1n) is 13.7. The van der Waals surface area contributed by atoms with E-state index in [2.05, 4.69) is 19.2 Å². The molecule has 1 fully saturated rings. The average molecular weight is 567 g/mol. The highest BCUT2D eigenvalue weighted by Gasteiger charge is 2.35. The highest BCUT2D eigenvalue weighted by atomic mass is 19.1. The topological polar surface area (TPSA) is 129 Å². The second kappa shape index (κ2) is 12.9. The molecule has 4 rings (SSSR count). The minimum absolute atomic E-state index is 0.163. The van der Waals surface area contributed by atoms with Gasteiger partial charge in [0.1, 0.15) is 40.1 Å². The zero-order valence-corrected chi connectivity index (χ0v) is 23.1. The first kappa shape index (κ1) is 29.7. The van der Waals surface area contributed by atoms with Crippen LogP contribution in [0.1, 0.15) is 56.3 Å². The van der Waals surface area contributed by atoms with Gasteiger partial charge in [0.05, 0.1) is 5.60 Å². The van der Waals surface area contributed by atoms with E-state index >= 15 is 0 Å². The van der Waals surface area contributed by atoms with E-state index in [9.17, 15) is 24.2 Å². The number of aromatic hydroxyl groups is 1. The Hall–Kier alpha value is -4.31. The number of nitrogens with zero attached hydrogens (tertiary/aromatic N) is 1. The number of anilines is 1. The standard InChI is InChI=1S/C31H35FN2O7/c1-3-20(4-2)19-31(39)11-13-34(14-12-31)30(38)33-22-15-25(40-23-7-5-21(32)6-8-23)17-26(16-22)41-24-9-10-27(29(36)37)28(35)18-24/h5-10,15-18,20,35,39H,3-4,11-14,19H2,1-2H3,(H,33,38)(H,36,37). The van der Waals surface area contributed by atoms with Crippen molar-refractivity contribution in [3.05, 3.63) is 72.0 Å². The molecule has 0 atom stereocenters. The number of hydrogen-bond donors (Lipinski definition) is 4. The third kappa shape index (κ3) is 7.88. The summed E-state index contributed by atoms with van der Waals surface area (Å²) in [5.74, 6) is -0.662. The molecule has 1 heterocycles. The maximum atomic E-state index is 13.4. The molecule has 0 aromatic heterocycles. The minimum Gasteiger partial charge on any atom is -0.507 e. The van der Waals surface area contributed by atoms with Gasteiger partial charge in [-0.25, -0.2) is 14.0 Å². The van der Waals surface area contributed by atoms with Gasteiger partial charge in [-0.05, 0) is 61.6 Å². The van der Waals surface area contributed by atoms with Crippen LogP contribution in [0.4, 0.5) is 14.9 Å². The van der Waals surface area contributed by atoms with Crippen LogP contribution in [0.2, 0.25) is 0 Å². The van der Waals surface area contributed by atoms with Gasteiger partial charge in [-0.2, -0.15) is 0 Å². The number of carbonyl (C=O) groups excluding carboxylic acids is 1.